The molecule has 5 rings (SSSR count). The summed E-state index contributed by atoms with van der Waals surface area (Å²) in [4.78, 5) is 12.8. The van der Waals surface area contributed by atoms with Crippen molar-refractivity contribution in [2.45, 2.75) is 78.2 Å². The summed E-state index contributed by atoms with van der Waals surface area (Å²) in [6, 6.07) is -0.0209. The second kappa shape index (κ2) is 4.93. The smallest absolute Gasteiger partial charge is 0.299 e. The first kappa shape index (κ1) is 17.6. The van der Waals surface area contributed by atoms with Gasteiger partial charge in [-0.1, -0.05) is 20.8 Å². The first-order valence-electron chi connectivity index (χ1n) is 10.2. The Bertz CT molecular complexity index is 781. The minimum atomic E-state index is -3.59. The number of carbonyl (C=O) groups is 1. The lowest BCUT2D eigenvalue weighted by Gasteiger charge is -2.66. The monoisotopic (exact) mass is 381 g/mol. The SMILES string of the molecule is C[C@@]12CC[C@@H]3[C@@](CC[C@@H]4[C@]5(C)COS(=O)(=O)N[C@@H]5CC[C@]43C)(CC1=O)C2. The van der Waals surface area contributed by atoms with Gasteiger partial charge in [0.2, 0.25) is 0 Å². The van der Waals surface area contributed by atoms with Gasteiger partial charge in [-0.2, -0.15) is 13.1 Å². The lowest BCUT2D eigenvalue weighted by molar-refractivity contribution is -0.173. The molecule has 1 saturated heterocycles. The van der Waals surface area contributed by atoms with Gasteiger partial charge in [0.25, 0.3) is 0 Å². The lowest BCUT2D eigenvalue weighted by atomic mass is 9.40. The van der Waals surface area contributed by atoms with Crippen molar-refractivity contribution >= 4 is 16.1 Å². The summed E-state index contributed by atoms with van der Waals surface area (Å²) in [5.74, 6) is 1.53. The third-order valence-corrected chi connectivity index (χ3v) is 10.6. The molecule has 0 unspecified atom stereocenters. The van der Waals surface area contributed by atoms with Gasteiger partial charge in [0.15, 0.2) is 0 Å². The van der Waals surface area contributed by atoms with Gasteiger partial charge >= 0.3 is 10.3 Å². The van der Waals surface area contributed by atoms with Crippen molar-refractivity contribution in [2.75, 3.05) is 6.61 Å². The van der Waals surface area contributed by atoms with Crippen LogP contribution in [0.2, 0.25) is 0 Å². The van der Waals surface area contributed by atoms with E-state index in [-0.39, 0.29) is 27.7 Å². The molecule has 4 saturated carbocycles. The number of Topliss-reactive ketones (excluding diaryl/α,β-unsaturated/α-hetero) is 1. The molecule has 1 heterocycles. The van der Waals surface area contributed by atoms with E-state index in [1.54, 1.807) is 0 Å². The molecule has 0 amide bonds. The van der Waals surface area contributed by atoms with Crippen molar-refractivity contribution in [3.05, 3.63) is 0 Å². The molecular weight excluding hydrogens is 350 g/mol. The summed E-state index contributed by atoms with van der Waals surface area (Å²) in [7, 11) is -3.59. The molecule has 5 aliphatic rings. The van der Waals surface area contributed by atoms with Crippen LogP contribution in [-0.2, 0) is 19.3 Å². The molecule has 7 atom stereocenters. The molecule has 6 heteroatoms. The van der Waals surface area contributed by atoms with Crippen LogP contribution in [0.15, 0.2) is 0 Å². The van der Waals surface area contributed by atoms with Gasteiger partial charge in [0.1, 0.15) is 5.78 Å². The Morgan fingerprint density at radius 2 is 1.73 bits per heavy atom. The number of carbonyl (C=O) groups excluding carboxylic acids is 1. The predicted molar refractivity (Wildman–Crippen MR) is 97.5 cm³/mol. The molecule has 2 bridgehead atoms. The van der Waals surface area contributed by atoms with Gasteiger partial charge in [0, 0.05) is 23.3 Å². The maximum atomic E-state index is 12.8. The number of fused-ring (bicyclic) bond motifs is 5. The molecule has 0 aromatic heterocycles. The highest BCUT2D eigenvalue weighted by Gasteiger charge is 2.69. The van der Waals surface area contributed by atoms with Gasteiger partial charge in [-0.15, -0.1) is 0 Å². The van der Waals surface area contributed by atoms with E-state index >= 15 is 0 Å². The van der Waals surface area contributed by atoms with Crippen molar-refractivity contribution in [1.82, 2.24) is 4.72 Å². The molecule has 0 aromatic rings. The summed E-state index contributed by atoms with van der Waals surface area (Å²) in [5, 5.41) is 0. The van der Waals surface area contributed by atoms with E-state index in [2.05, 4.69) is 25.5 Å². The third-order valence-electron chi connectivity index (χ3n) is 9.55. The zero-order valence-corrected chi connectivity index (χ0v) is 17.0. The molecule has 1 aliphatic heterocycles. The Morgan fingerprint density at radius 1 is 1.00 bits per heavy atom. The lowest BCUT2D eigenvalue weighted by Crippen LogP contribution is -2.66. The first-order valence-corrected chi connectivity index (χ1v) is 11.6. The standard InChI is InChI=1S/C20H31NO4S/c1-17-7-4-14-18(2)8-6-15-19(3,12-25-26(23,24)21-15)13(18)5-9-20(14,11-17)10-16(17)22/h13-15,21H,4-12H2,1-3H3/t13-,14-,15+,17-,18+,19-,20-/m0/s1. The Hall–Kier alpha value is -0.460. The molecule has 5 fully saturated rings. The highest BCUT2D eigenvalue weighted by atomic mass is 32.2. The van der Waals surface area contributed by atoms with Gasteiger partial charge in [0.05, 0.1) is 6.61 Å². The maximum Gasteiger partial charge on any atom is 0.336 e. The van der Waals surface area contributed by atoms with Gasteiger partial charge in [-0.25, -0.2) is 0 Å². The average Bonchev–Trinajstić information content (AvgIpc) is 2.73. The van der Waals surface area contributed by atoms with Crippen molar-refractivity contribution in [3.8, 4) is 0 Å². The van der Waals surface area contributed by atoms with E-state index < -0.39 is 10.3 Å². The molecule has 4 aliphatic carbocycles. The van der Waals surface area contributed by atoms with Gasteiger partial charge in [-0.3, -0.25) is 8.98 Å². The van der Waals surface area contributed by atoms with E-state index in [4.69, 9.17) is 4.18 Å². The zero-order chi connectivity index (χ0) is 18.6. The van der Waals surface area contributed by atoms with Crippen molar-refractivity contribution < 1.29 is 17.4 Å². The number of nitrogens with one attached hydrogen (secondary N) is 1. The molecule has 0 aromatic carbocycles. The Balaban J connectivity index is 1.52. The second-order valence-electron chi connectivity index (χ2n) is 10.8. The van der Waals surface area contributed by atoms with Gasteiger partial charge in [-0.05, 0) is 67.6 Å². The fraction of sp³-hybridized carbons (Fsp3) is 0.950. The van der Waals surface area contributed by atoms with E-state index in [1.807, 2.05) is 0 Å². The fourth-order valence-corrected chi connectivity index (χ4v) is 9.58. The van der Waals surface area contributed by atoms with Crippen LogP contribution in [-0.4, -0.2) is 26.8 Å². The third kappa shape index (κ3) is 2.04. The molecule has 1 spiro atoms. The molecule has 146 valence electrons. The number of hydrogen-bond acceptors (Lipinski definition) is 4. The normalized spacial score (nSPS) is 57.8. The fourth-order valence-electron chi connectivity index (χ4n) is 8.37. The van der Waals surface area contributed by atoms with Crippen LogP contribution >= 0.6 is 0 Å². The summed E-state index contributed by atoms with van der Waals surface area (Å²) in [6.45, 7) is 7.16. The van der Waals surface area contributed by atoms with Crippen LogP contribution in [0.3, 0.4) is 0 Å². The van der Waals surface area contributed by atoms with Crippen LogP contribution in [0, 0.1) is 33.5 Å². The minimum Gasteiger partial charge on any atom is -0.299 e. The topological polar surface area (TPSA) is 72.5 Å². The largest absolute Gasteiger partial charge is 0.336 e. The van der Waals surface area contributed by atoms with Gasteiger partial charge < -0.3 is 0 Å². The highest BCUT2D eigenvalue weighted by Crippen LogP contribution is 2.73. The molecule has 1 N–H and O–H groups in total. The van der Waals surface area contributed by atoms with Crippen LogP contribution < -0.4 is 4.72 Å². The van der Waals surface area contributed by atoms with Crippen LogP contribution in [0.1, 0.15) is 72.1 Å². The zero-order valence-electron chi connectivity index (χ0n) is 16.1. The van der Waals surface area contributed by atoms with Crippen LogP contribution in [0.25, 0.3) is 0 Å². The Morgan fingerprint density at radius 3 is 2.50 bits per heavy atom. The van der Waals surface area contributed by atoms with E-state index in [0.717, 1.165) is 51.4 Å². The molecular formula is C20H31NO4S. The highest BCUT2D eigenvalue weighted by molar-refractivity contribution is 7.84. The predicted octanol–water partition coefficient (Wildman–Crippen LogP) is 3.20. The second-order valence-corrected chi connectivity index (χ2v) is 12.2. The van der Waals surface area contributed by atoms with Crippen molar-refractivity contribution in [3.63, 3.8) is 0 Å². The van der Waals surface area contributed by atoms with E-state index in [9.17, 15) is 13.2 Å². The summed E-state index contributed by atoms with van der Waals surface area (Å²) < 4.78 is 31.9. The average molecular weight is 382 g/mol. The summed E-state index contributed by atoms with van der Waals surface area (Å²) in [5.41, 5.74) is 0.156. The summed E-state index contributed by atoms with van der Waals surface area (Å²) >= 11 is 0. The number of rotatable bonds is 0. The molecule has 5 nitrogen and oxygen atoms in total. The maximum absolute atomic E-state index is 12.8. The van der Waals surface area contributed by atoms with Crippen LogP contribution in [0.5, 0.6) is 0 Å². The van der Waals surface area contributed by atoms with Crippen molar-refractivity contribution in [2.24, 2.45) is 33.5 Å². The van der Waals surface area contributed by atoms with Crippen molar-refractivity contribution in [1.29, 1.82) is 0 Å². The van der Waals surface area contributed by atoms with Crippen LogP contribution in [0.4, 0.5) is 0 Å². The van der Waals surface area contributed by atoms with E-state index in [0.29, 0.717) is 24.2 Å². The summed E-state index contributed by atoms with van der Waals surface area (Å²) in [6.07, 6.45) is 8.19. The number of hydrogen-bond donors (Lipinski definition) is 1. The Kier molecular flexibility index (Phi) is 3.34. The van der Waals surface area contributed by atoms with E-state index in [1.165, 1.54) is 0 Å². The Labute approximate surface area is 156 Å². The first-order chi connectivity index (χ1) is 12.0. The quantitative estimate of drug-likeness (QED) is 0.699. The molecule has 26 heavy (non-hydrogen) atoms. The number of ketones is 1. The molecule has 0 radical (unpaired) electrons. The minimum absolute atomic E-state index is 0.0209.